The molecule has 0 saturated heterocycles. The Kier molecular flexibility index (Phi) is 3.46. The van der Waals surface area contributed by atoms with Crippen LogP contribution < -0.4 is 5.73 Å². The van der Waals surface area contributed by atoms with E-state index in [1.807, 2.05) is 25.1 Å². The summed E-state index contributed by atoms with van der Waals surface area (Å²) in [7, 11) is 0. The number of hydrogen-bond acceptors (Lipinski definition) is 1. The SMILES string of the molecule is C=C(C)C(N)=Nc1ccccc1CC. The molecular weight excluding hydrogens is 172 g/mol. The van der Waals surface area contributed by atoms with Gasteiger partial charge in [-0.2, -0.15) is 0 Å². The molecule has 0 aliphatic carbocycles. The summed E-state index contributed by atoms with van der Waals surface area (Å²) in [6.45, 7) is 7.71. The molecule has 0 atom stereocenters. The van der Waals surface area contributed by atoms with Gasteiger partial charge in [-0.3, -0.25) is 0 Å². The second-order valence-electron chi connectivity index (χ2n) is 3.26. The smallest absolute Gasteiger partial charge is 0.126 e. The van der Waals surface area contributed by atoms with Crippen molar-refractivity contribution in [3.8, 4) is 0 Å². The number of amidine groups is 1. The summed E-state index contributed by atoms with van der Waals surface area (Å²) >= 11 is 0. The molecule has 0 radical (unpaired) electrons. The van der Waals surface area contributed by atoms with E-state index in [-0.39, 0.29) is 0 Å². The van der Waals surface area contributed by atoms with E-state index < -0.39 is 0 Å². The monoisotopic (exact) mass is 188 g/mol. The number of para-hydroxylation sites is 1. The van der Waals surface area contributed by atoms with E-state index in [0.717, 1.165) is 17.7 Å². The van der Waals surface area contributed by atoms with Crippen LogP contribution in [-0.4, -0.2) is 5.84 Å². The second-order valence-corrected chi connectivity index (χ2v) is 3.26. The molecule has 0 aliphatic rings. The first-order chi connectivity index (χ1) is 6.65. The Morgan fingerprint density at radius 3 is 2.64 bits per heavy atom. The number of benzene rings is 1. The summed E-state index contributed by atoms with van der Waals surface area (Å²) in [4.78, 5) is 4.32. The first kappa shape index (κ1) is 10.5. The summed E-state index contributed by atoms with van der Waals surface area (Å²) in [6.07, 6.45) is 0.961. The average molecular weight is 188 g/mol. The summed E-state index contributed by atoms with van der Waals surface area (Å²) in [5.41, 5.74) is 8.67. The maximum Gasteiger partial charge on any atom is 0.126 e. The lowest BCUT2D eigenvalue weighted by Gasteiger charge is -2.03. The fraction of sp³-hybridized carbons (Fsp3) is 0.250. The molecule has 0 spiro atoms. The van der Waals surface area contributed by atoms with Gasteiger partial charge in [-0.05, 0) is 30.5 Å². The lowest BCUT2D eigenvalue weighted by Crippen LogP contribution is -2.11. The van der Waals surface area contributed by atoms with Crippen molar-refractivity contribution in [1.29, 1.82) is 0 Å². The first-order valence-corrected chi connectivity index (χ1v) is 4.73. The molecule has 1 rings (SSSR count). The van der Waals surface area contributed by atoms with Gasteiger partial charge in [0.1, 0.15) is 5.84 Å². The molecule has 0 fully saturated rings. The molecule has 1 aromatic carbocycles. The Labute approximate surface area is 85.2 Å². The van der Waals surface area contributed by atoms with Crippen LogP contribution in [0.5, 0.6) is 0 Å². The van der Waals surface area contributed by atoms with E-state index in [1.54, 1.807) is 0 Å². The number of nitrogens with zero attached hydrogens (tertiary/aromatic N) is 1. The summed E-state index contributed by atoms with van der Waals surface area (Å²) < 4.78 is 0. The van der Waals surface area contributed by atoms with Gasteiger partial charge >= 0.3 is 0 Å². The quantitative estimate of drug-likeness (QED) is 0.575. The van der Waals surface area contributed by atoms with Crippen LogP contribution in [0.2, 0.25) is 0 Å². The first-order valence-electron chi connectivity index (χ1n) is 4.73. The molecule has 0 heterocycles. The Morgan fingerprint density at radius 1 is 1.43 bits per heavy atom. The minimum Gasteiger partial charge on any atom is -0.383 e. The lowest BCUT2D eigenvalue weighted by molar-refractivity contribution is 1.13. The molecule has 2 nitrogen and oxygen atoms in total. The van der Waals surface area contributed by atoms with Gasteiger partial charge in [-0.15, -0.1) is 0 Å². The average Bonchev–Trinajstić information content (AvgIpc) is 2.18. The van der Waals surface area contributed by atoms with Crippen LogP contribution >= 0.6 is 0 Å². The van der Waals surface area contributed by atoms with Crippen molar-refractivity contribution < 1.29 is 0 Å². The van der Waals surface area contributed by atoms with Crippen molar-refractivity contribution >= 4 is 11.5 Å². The molecule has 0 saturated carbocycles. The highest BCUT2D eigenvalue weighted by atomic mass is 14.9. The van der Waals surface area contributed by atoms with Crippen LogP contribution in [0.3, 0.4) is 0 Å². The van der Waals surface area contributed by atoms with Crippen molar-refractivity contribution in [2.45, 2.75) is 20.3 Å². The van der Waals surface area contributed by atoms with E-state index in [9.17, 15) is 0 Å². The van der Waals surface area contributed by atoms with Crippen LogP contribution in [0.1, 0.15) is 19.4 Å². The van der Waals surface area contributed by atoms with Gasteiger partial charge in [0, 0.05) is 0 Å². The van der Waals surface area contributed by atoms with Gasteiger partial charge in [0.25, 0.3) is 0 Å². The molecule has 0 unspecified atom stereocenters. The second kappa shape index (κ2) is 4.61. The zero-order chi connectivity index (χ0) is 10.6. The maximum atomic E-state index is 5.72. The molecule has 2 N–H and O–H groups in total. The van der Waals surface area contributed by atoms with Gasteiger partial charge in [-0.1, -0.05) is 31.7 Å². The Balaban J connectivity index is 3.07. The molecule has 14 heavy (non-hydrogen) atoms. The summed E-state index contributed by atoms with van der Waals surface area (Å²) in [5, 5.41) is 0. The Bertz CT molecular complexity index is 364. The van der Waals surface area contributed by atoms with Crippen molar-refractivity contribution in [2.24, 2.45) is 10.7 Å². The van der Waals surface area contributed by atoms with Gasteiger partial charge < -0.3 is 5.73 Å². The predicted octanol–water partition coefficient (Wildman–Crippen LogP) is 2.81. The summed E-state index contributed by atoms with van der Waals surface area (Å²) in [6, 6.07) is 8.00. The molecule has 74 valence electrons. The molecule has 0 aromatic heterocycles. The van der Waals surface area contributed by atoms with E-state index in [1.165, 1.54) is 5.56 Å². The van der Waals surface area contributed by atoms with Crippen LogP contribution in [0.25, 0.3) is 0 Å². The number of rotatable bonds is 3. The van der Waals surface area contributed by atoms with Crippen LogP contribution in [-0.2, 0) is 6.42 Å². The fourth-order valence-corrected chi connectivity index (χ4v) is 1.14. The van der Waals surface area contributed by atoms with E-state index in [0.29, 0.717) is 5.84 Å². The standard InChI is InChI=1S/C12H16N2/c1-4-10-7-5-6-8-11(10)14-12(13)9(2)3/h5-8H,2,4H2,1,3H3,(H2,13,14). The van der Waals surface area contributed by atoms with Crippen LogP contribution in [0.15, 0.2) is 41.4 Å². The number of nitrogens with two attached hydrogens (primary N) is 1. The number of hydrogen-bond donors (Lipinski definition) is 1. The summed E-state index contributed by atoms with van der Waals surface area (Å²) in [5.74, 6) is 0.505. The van der Waals surface area contributed by atoms with Gasteiger partial charge in [0.05, 0.1) is 5.69 Å². The number of aliphatic imine (C=N–C) groups is 1. The van der Waals surface area contributed by atoms with E-state index in [4.69, 9.17) is 5.73 Å². The third-order valence-corrected chi connectivity index (χ3v) is 2.05. The van der Waals surface area contributed by atoms with Crippen LogP contribution in [0, 0.1) is 0 Å². The topological polar surface area (TPSA) is 38.4 Å². The molecule has 0 bridgehead atoms. The fourth-order valence-electron chi connectivity index (χ4n) is 1.14. The largest absolute Gasteiger partial charge is 0.383 e. The van der Waals surface area contributed by atoms with Crippen molar-refractivity contribution in [2.75, 3.05) is 0 Å². The van der Waals surface area contributed by atoms with Crippen molar-refractivity contribution in [3.05, 3.63) is 42.0 Å². The highest BCUT2D eigenvalue weighted by molar-refractivity contribution is 5.97. The van der Waals surface area contributed by atoms with Crippen LogP contribution in [0.4, 0.5) is 5.69 Å². The normalized spacial score (nSPS) is 11.4. The van der Waals surface area contributed by atoms with Gasteiger partial charge in [0.2, 0.25) is 0 Å². The molecular formula is C12H16N2. The maximum absolute atomic E-state index is 5.72. The highest BCUT2D eigenvalue weighted by Crippen LogP contribution is 2.19. The molecule has 0 amide bonds. The van der Waals surface area contributed by atoms with Crippen molar-refractivity contribution in [3.63, 3.8) is 0 Å². The lowest BCUT2D eigenvalue weighted by atomic mass is 10.1. The van der Waals surface area contributed by atoms with Gasteiger partial charge in [-0.25, -0.2) is 4.99 Å². The molecule has 0 aliphatic heterocycles. The Morgan fingerprint density at radius 2 is 2.07 bits per heavy atom. The zero-order valence-corrected chi connectivity index (χ0v) is 8.75. The number of aryl methyl sites for hydroxylation is 1. The third kappa shape index (κ3) is 2.46. The van der Waals surface area contributed by atoms with Crippen molar-refractivity contribution in [1.82, 2.24) is 0 Å². The molecule has 1 aromatic rings. The predicted molar refractivity (Wildman–Crippen MR) is 61.9 cm³/mol. The Hall–Kier alpha value is -1.57. The minimum absolute atomic E-state index is 0.505. The third-order valence-electron chi connectivity index (χ3n) is 2.05. The zero-order valence-electron chi connectivity index (χ0n) is 8.75. The highest BCUT2D eigenvalue weighted by Gasteiger charge is 1.99. The van der Waals surface area contributed by atoms with E-state index in [2.05, 4.69) is 24.6 Å². The molecule has 2 heteroatoms. The van der Waals surface area contributed by atoms with Gasteiger partial charge in [0.15, 0.2) is 0 Å². The minimum atomic E-state index is 0.505. The van der Waals surface area contributed by atoms with E-state index >= 15 is 0 Å².